The molecular formula is C18H10F6N2O. The lowest BCUT2D eigenvalue weighted by Crippen LogP contribution is -2.15. The smallest absolute Gasteiger partial charge is 0.321 e. The van der Waals surface area contributed by atoms with Gasteiger partial charge in [-0.05, 0) is 35.9 Å². The van der Waals surface area contributed by atoms with Crippen molar-refractivity contribution in [2.45, 2.75) is 12.4 Å². The molecule has 1 amide bonds. The summed E-state index contributed by atoms with van der Waals surface area (Å²) in [6, 6.07) is 9.39. The van der Waals surface area contributed by atoms with E-state index in [1.54, 1.807) is 0 Å². The Labute approximate surface area is 149 Å². The van der Waals surface area contributed by atoms with Gasteiger partial charge < -0.3 is 5.32 Å². The summed E-state index contributed by atoms with van der Waals surface area (Å²) in [6.07, 6.45) is -8.61. The number of anilines is 1. The Bertz CT molecular complexity index is 922. The molecular weight excluding hydrogens is 374 g/mol. The fourth-order valence-corrected chi connectivity index (χ4v) is 2.16. The molecule has 0 fully saturated rings. The molecule has 0 aromatic heterocycles. The van der Waals surface area contributed by atoms with E-state index in [1.807, 2.05) is 0 Å². The maximum absolute atomic E-state index is 13.0. The van der Waals surface area contributed by atoms with E-state index in [0.717, 1.165) is 42.5 Å². The first kappa shape index (κ1) is 20.0. The number of hydrogen-bond acceptors (Lipinski definition) is 2. The van der Waals surface area contributed by atoms with Gasteiger partial charge in [-0.2, -0.15) is 31.6 Å². The number of nitrogens with zero attached hydrogens (tertiary/aromatic N) is 1. The fraction of sp³-hybridized carbons (Fsp3) is 0.111. The molecule has 0 radical (unpaired) electrons. The Morgan fingerprint density at radius 3 is 2.22 bits per heavy atom. The molecule has 1 N–H and O–H groups in total. The van der Waals surface area contributed by atoms with Gasteiger partial charge in [0.25, 0.3) is 5.91 Å². The Hall–Kier alpha value is -3.28. The fourth-order valence-electron chi connectivity index (χ4n) is 2.16. The second-order valence-corrected chi connectivity index (χ2v) is 5.29. The number of nitriles is 1. The van der Waals surface area contributed by atoms with E-state index >= 15 is 0 Å². The van der Waals surface area contributed by atoms with Crippen LogP contribution < -0.4 is 5.32 Å². The number of hydrogen-bond donors (Lipinski definition) is 1. The molecule has 9 heteroatoms. The van der Waals surface area contributed by atoms with Crippen molar-refractivity contribution in [3.8, 4) is 6.07 Å². The summed E-state index contributed by atoms with van der Waals surface area (Å²) in [5.74, 6) is -1.13. The Morgan fingerprint density at radius 1 is 0.963 bits per heavy atom. The highest BCUT2D eigenvalue weighted by atomic mass is 19.4. The van der Waals surface area contributed by atoms with Gasteiger partial charge in [0.05, 0.1) is 11.1 Å². The van der Waals surface area contributed by atoms with E-state index in [0.29, 0.717) is 6.07 Å². The van der Waals surface area contributed by atoms with Crippen LogP contribution in [0.15, 0.2) is 54.1 Å². The summed E-state index contributed by atoms with van der Waals surface area (Å²) in [5, 5.41) is 11.1. The summed E-state index contributed by atoms with van der Waals surface area (Å²) in [6.45, 7) is 0. The minimum Gasteiger partial charge on any atom is -0.321 e. The van der Waals surface area contributed by atoms with Gasteiger partial charge in [0.15, 0.2) is 0 Å². The van der Waals surface area contributed by atoms with Crippen molar-refractivity contribution in [2.24, 2.45) is 0 Å². The second kappa shape index (κ2) is 7.53. The lowest BCUT2D eigenvalue weighted by atomic mass is 10.0. The Morgan fingerprint density at radius 2 is 1.63 bits per heavy atom. The van der Waals surface area contributed by atoms with Gasteiger partial charge in [-0.3, -0.25) is 4.79 Å². The first-order valence-corrected chi connectivity index (χ1v) is 7.29. The van der Waals surface area contributed by atoms with Gasteiger partial charge in [0, 0.05) is 5.69 Å². The van der Waals surface area contributed by atoms with Gasteiger partial charge >= 0.3 is 12.4 Å². The van der Waals surface area contributed by atoms with Crippen LogP contribution in [0.5, 0.6) is 0 Å². The van der Waals surface area contributed by atoms with Crippen molar-refractivity contribution in [1.29, 1.82) is 5.26 Å². The highest BCUT2D eigenvalue weighted by Gasteiger charge is 2.33. The van der Waals surface area contributed by atoms with Gasteiger partial charge in [0.1, 0.15) is 11.6 Å². The molecule has 2 rings (SSSR count). The summed E-state index contributed by atoms with van der Waals surface area (Å²) >= 11 is 0. The number of amides is 1. The van der Waals surface area contributed by atoms with Crippen LogP contribution in [-0.2, 0) is 17.1 Å². The Balaban J connectivity index is 2.33. The number of halogens is 6. The molecule has 0 saturated heterocycles. The molecule has 0 aliphatic rings. The molecule has 0 spiro atoms. The topological polar surface area (TPSA) is 52.9 Å². The number of nitrogens with one attached hydrogen (secondary N) is 1. The monoisotopic (exact) mass is 384 g/mol. The summed E-state index contributed by atoms with van der Waals surface area (Å²) in [4.78, 5) is 12.1. The quantitative estimate of drug-likeness (QED) is 0.445. The van der Waals surface area contributed by atoms with Crippen molar-refractivity contribution in [3.05, 3.63) is 70.8 Å². The summed E-state index contributed by atoms with van der Waals surface area (Å²) in [7, 11) is 0. The molecule has 140 valence electrons. The van der Waals surface area contributed by atoms with Crippen LogP contribution in [0.1, 0.15) is 16.7 Å². The minimum absolute atomic E-state index is 0.250. The SMILES string of the molecule is N#C/C(=C\c1ccccc1C(F)(F)F)C(=O)Nc1cccc(C(F)(F)F)c1. The van der Waals surface area contributed by atoms with E-state index in [2.05, 4.69) is 5.32 Å². The lowest BCUT2D eigenvalue weighted by molar-refractivity contribution is -0.138. The van der Waals surface area contributed by atoms with Gasteiger partial charge in [0.2, 0.25) is 0 Å². The van der Waals surface area contributed by atoms with Gasteiger partial charge in [-0.1, -0.05) is 24.3 Å². The Kier molecular flexibility index (Phi) is 5.59. The number of rotatable bonds is 3. The van der Waals surface area contributed by atoms with E-state index in [9.17, 15) is 31.1 Å². The van der Waals surface area contributed by atoms with Gasteiger partial charge in [-0.15, -0.1) is 0 Å². The van der Waals surface area contributed by atoms with Crippen molar-refractivity contribution >= 4 is 17.7 Å². The highest BCUT2D eigenvalue weighted by Crippen LogP contribution is 2.33. The zero-order chi connectivity index (χ0) is 20.2. The van der Waals surface area contributed by atoms with Crippen LogP contribution in [0.25, 0.3) is 6.08 Å². The normalized spacial score (nSPS) is 12.4. The van der Waals surface area contributed by atoms with Crippen LogP contribution >= 0.6 is 0 Å². The molecule has 0 atom stereocenters. The third-order valence-electron chi connectivity index (χ3n) is 3.38. The van der Waals surface area contributed by atoms with Crippen LogP contribution in [0.2, 0.25) is 0 Å². The summed E-state index contributed by atoms with van der Waals surface area (Å²) < 4.78 is 77.0. The predicted molar refractivity (Wildman–Crippen MR) is 85.1 cm³/mol. The molecule has 0 heterocycles. The van der Waals surface area contributed by atoms with E-state index < -0.39 is 40.5 Å². The van der Waals surface area contributed by atoms with E-state index in [4.69, 9.17) is 5.26 Å². The van der Waals surface area contributed by atoms with Crippen LogP contribution in [-0.4, -0.2) is 5.91 Å². The average Bonchev–Trinajstić information content (AvgIpc) is 2.58. The third-order valence-corrected chi connectivity index (χ3v) is 3.38. The largest absolute Gasteiger partial charge is 0.416 e. The number of carbonyl (C=O) groups is 1. The molecule has 2 aromatic rings. The molecule has 0 aliphatic carbocycles. The van der Waals surface area contributed by atoms with Crippen LogP contribution in [0.3, 0.4) is 0 Å². The van der Waals surface area contributed by atoms with Crippen LogP contribution in [0, 0.1) is 11.3 Å². The second-order valence-electron chi connectivity index (χ2n) is 5.29. The number of alkyl halides is 6. The average molecular weight is 384 g/mol. The minimum atomic E-state index is -4.70. The molecule has 2 aromatic carbocycles. The van der Waals surface area contributed by atoms with E-state index in [1.165, 1.54) is 12.1 Å². The van der Waals surface area contributed by atoms with Gasteiger partial charge in [-0.25, -0.2) is 0 Å². The predicted octanol–water partition coefficient (Wildman–Crippen LogP) is 5.27. The van der Waals surface area contributed by atoms with Crippen molar-refractivity contribution in [1.82, 2.24) is 0 Å². The maximum atomic E-state index is 13.0. The van der Waals surface area contributed by atoms with Crippen LogP contribution in [0.4, 0.5) is 32.0 Å². The zero-order valence-corrected chi connectivity index (χ0v) is 13.3. The standard InChI is InChI=1S/C18H10F6N2O/c19-17(20,21)13-5-3-6-14(9-13)26-16(27)12(10-25)8-11-4-1-2-7-15(11)18(22,23)24/h1-9H,(H,26,27)/b12-8+. The number of carbonyl (C=O) groups excluding carboxylic acids is 1. The first-order valence-electron chi connectivity index (χ1n) is 7.29. The zero-order valence-electron chi connectivity index (χ0n) is 13.3. The first-order chi connectivity index (χ1) is 12.5. The molecule has 27 heavy (non-hydrogen) atoms. The van der Waals surface area contributed by atoms with Crippen molar-refractivity contribution < 1.29 is 31.1 Å². The molecule has 0 aliphatic heterocycles. The van der Waals surface area contributed by atoms with Crippen molar-refractivity contribution in [2.75, 3.05) is 5.32 Å². The third kappa shape index (κ3) is 5.10. The van der Waals surface area contributed by atoms with E-state index in [-0.39, 0.29) is 5.69 Å². The molecule has 0 saturated carbocycles. The molecule has 0 bridgehead atoms. The lowest BCUT2D eigenvalue weighted by Gasteiger charge is -2.11. The maximum Gasteiger partial charge on any atom is 0.416 e. The van der Waals surface area contributed by atoms with Crippen molar-refractivity contribution in [3.63, 3.8) is 0 Å². The molecule has 3 nitrogen and oxygen atoms in total. The highest BCUT2D eigenvalue weighted by molar-refractivity contribution is 6.09. The summed E-state index contributed by atoms with van der Waals surface area (Å²) in [5.41, 5.74) is -3.43. The molecule has 0 unspecified atom stereocenters. The number of benzene rings is 2.